The molecule has 0 atom stereocenters. The van der Waals surface area contributed by atoms with E-state index in [9.17, 15) is 53.5 Å². The number of hydrogen-bond acceptors (Lipinski definition) is 6. The molecule has 0 heterocycles. The van der Waals surface area contributed by atoms with Crippen LogP contribution in [0.4, 0.5) is 43.9 Å². The monoisotopic (exact) mass is 772 g/mol. The lowest BCUT2D eigenvalue weighted by atomic mass is 9.98. The Morgan fingerprint density at radius 1 is 0.537 bits per heavy atom. The van der Waals surface area contributed by atoms with Crippen molar-refractivity contribution in [3.05, 3.63) is 118 Å². The van der Waals surface area contributed by atoms with E-state index in [2.05, 4.69) is 26.1 Å². The highest BCUT2D eigenvalue weighted by atomic mass is 19.3. The minimum atomic E-state index is -3.04. The molecule has 0 unspecified atom stereocenters. The van der Waals surface area contributed by atoms with Crippen LogP contribution in [0.25, 0.3) is 0 Å². The fourth-order valence-electron chi connectivity index (χ4n) is 4.51. The quantitative estimate of drug-likeness (QED) is 0.0519. The molecule has 0 spiro atoms. The van der Waals surface area contributed by atoms with Crippen LogP contribution in [0.5, 0.6) is 23.0 Å². The summed E-state index contributed by atoms with van der Waals surface area (Å²) in [5.74, 6) is 0.873. The Labute approximate surface area is 302 Å². The van der Waals surface area contributed by atoms with Crippen LogP contribution in [0.3, 0.4) is 0 Å². The van der Waals surface area contributed by atoms with E-state index in [1.54, 1.807) is 19.9 Å². The van der Waals surface area contributed by atoms with Crippen LogP contribution in [0, 0.1) is 23.5 Å². The van der Waals surface area contributed by atoms with Crippen LogP contribution in [-0.4, -0.2) is 50.9 Å². The molecule has 16 heteroatoms. The van der Waals surface area contributed by atoms with Crippen LogP contribution >= 0.6 is 0 Å². The van der Waals surface area contributed by atoms with Crippen molar-refractivity contribution in [3.8, 4) is 34.8 Å². The number of hydrogen-bond donors (Lipinski definition) is 0. The van der Waals surface area contributed by atoms with Gasteiger partial charge in [-0.1, -0.05) is 25.7 Å². The summed E-state index contributed by atoms with van der Waals surface area (Å²) in [7, 11) is 0. The molecule has 0 amide bonds. The molecule has 0 aliphatic rings. The van der Waals surface area contributed by atoms with Crippen molar-refractivity contribution in [2.24, 2.45) is 0 Å². The van der Waals surface area contributed by atoms with Crippen molar-refractivity contribution < 1.29 is 72.4 Å². The van der Waals surface area contributed by atoms with Gasteiger partial charge in [0.2, 0.25) is 11.6 Å². The van der Waals surface area contributed by atoms with Crippen LogP contribution < -0.4 is 18.9 Å². The van der Waals surface area contributed by atoms with Gasteiger partial charge < -0.3 is 18.9 Å². The third-order valence-corrected chi connectivity index (χ3v) is 6.99. The molecular weight excluding hydrogens is 742 g/mol. The lowest BCUT2D eigenvalue weighted by molar-refractivity contribution is -0.0510. The van der Waals surface area contributed by atoms with Gasteiger partial charge in [-0.05, 0) is 96.8 Å². The molecule has 0 radical (unpaired) electrons. The van der Waals surface area contributed by atoms with Gasteiger partial charge in [-0.15, -0.1) is 0 Å². The van der Waals surface area contributed by atoms with E-state index in [1.807, 2.05) is 0 Å². The third-order valence-electron chi connectivity index (χ3n) is 6.99. The lowest BCUT2D eigenvalue weighted by Gasteiger charge is -2.11. The van der Waals surface area contributed by atoms with Gasteiger partial charge in [0.05, 0.1) is 0 Å². The molecule has 0 fully saturated rings. The lowest BCUT2D eigenvalue weighted by Crippen LogP contribution is -2.16. The predicted octanol–water partition coefficient (Wildman–Crippen LogP) is 9.73. The smallest absolute Gasteiger partial charge is 0.387 e. The Balaban J connectivity index is 0.000000291. The van der Waals surface area contributed by atoms with Gasteiger partial charge in [0, 0.05) is 22.3 Å². The molecule has 288 valence electrons. The SMILES string of the molecule is CCc1cc(C#Cc2ccc(F)c(OCC(F)F)c2)ccc1OC(F)F.CCc1cc(C(=O)C(=O)c2ccc(F)c(OCC(F)F)c2)ccc1OC(F)F. The van der Waals surface area contributed by atoms with Crippen molar-refractivity contribution in [1.29, 1.82) is 0 Å². The van der Waals surface area contributed by atoms with E-state index in [4.69, 9.17) is 4.74 Å². The average Bonchev–Trinajstić information content (AvgIpc) is 3.13. The van der Waals surface area contributed by atoms with Crippen molar-refractivity contribution >= 4 is 11.6 Å². The number of aryl methyl sites for hydroxylation is 2. The highest BCUT2D eigenvalue weighted by Crippen LogP contribution is 2.26. The highest BCUT2D eigenvalue weighted by Gasteiger charge is 2.22. The molecule has 0 aromatic heterocycles. The van der Waals surface area contributed by atoms with E-state index >= 15 is 0 Å². The summed E-state index contributed by atoms with van der Waals surface area (Å²) in [6, 6.07) is 14.4. The number of ether oxygens (including phenoxy) is 4. The summed E-state index contributed by atoms with van der Waals surface area (Å²) in [6.07, 6.45) is -4.83. The van der Waals surface area contributed by atoms with E-state index in [-0.39, 0.29) is 34.8 Å². The second-order valence-corrected chi connectivity index (χ2v) is 10.7. The molecule has 0 saturated carbocycles. The summed E-state index contributed by atoms with van der Waals surface area (Å²) in [6.45, 7) is -4.51. The highest BCUT2D eigenvalue weighted by molar-refractivity contribution is 6.49. The first kappa shape index (κ1) is 42.7. The summed E-state index contributed by atoms with van der Waals surface area (Å²) < 4.78 is 143. The molecule has 54 heavy (non-hydrogen) atoms. The fourth-order valence-corrected chi connectivity index (χ4v) is 4.51. The first-order chi connectivity index (χ1) is 25.6. The van der Waals surface area contributed by atoms with Crippen LogP contribution in [0.2, 0.25) is 0 Å². The Bertz CT molecular complexity index is 1960. The summed E-state index contributed by atoms with van der Waals surface area (Å²) in [4.78, 5) is 24.8. The zero-order valence-electron chi connectivity index (χ0n) is 28.3. The first-order valence-corrected chi connectivity index (χ1v) is 15.8. The number of benzene rings is 4. The Morgan fingerprint density at radius 2 is 0.944 bits per heavy atom. The standard InChI is InChI=1S/C19H15F5O4.C19H15F5O2/c1-2-10-7-11(4-6-14(10)28-19(23)24)17(25)18(26)12-3-5-13(20)15(8-12)27-9-16(21)22;1-2-14-9-12(6-8-16(14)26-19(23)24)3-4-13-5-7-15(20)17(10-13)25-11-18(21)22/h3-8,16,19H,2,9H2,1H3;5-10,18-19H,2,11H2,1H3. The van der Waals surface area contributed by atoms with Crippen molar-refractivity contribution in [2.45, 2.75) is 52.8 Å². The normalized spacial score (nSPS) is 10.8. The average molecular weight is 773 g/mol. The third kappa shape index (κ3) is 13.0. The fraction of sp³-hybridized carbons (Fsp3) is 0.263. The molecule has 6 nitrogen and oxygen atoms in total. The van der Waals surface area contributed by atoms with E-state index in [1.165, 1.54) is 30.3 Å². The van der Waals surface area contributed by atoms with Gasteiger partial charge in [0.25, 0.3) is 12.9 Å². The molecule has 0 bridgehead atoms. The minimum absolute atomic E-state index is 0.0807. The number of Topliss-reactive ketones (excluding diaryl/α,β-unsaturated/α-hetero) is 2. The summed E-state index contributed by atoms with van der Waals surface area (Å²) in [5.41, 5.74) is 1.42. The van der Waals surface area contributed by atoms with Gasteiger partial charge >= 0.3 is 13.2 Å². The van der Waals surface area contributed by atoms with Crippen molar-refractivity contribution in [2.75, 3.05) is 13.2 Å². The van der Waals surface area contributed by atoms with Gasteiger partial charge in [0.1, 0.15) is 24.7 Å². The van der Waals surface area contributed by atoms with E-state index < -0.39 is 68.2 Å². The van der Waals surface area contributed by atoms with E-state index in [0.717, 1.165) is 36.4 Å². The Hall–Kier alpha value is -5.72. The Kier molecular flexibility index (Phi) is 16.2. The summed E-state index contributed by atoms with van der Waals surface area (Å²) in [5, 5.41) is 0. The number of halogens is 10. The van der Waals surface area contributed by atoms with Gasteiger partial charge in [-0.2, -0.15) is 17.6 Å². The second kappa shape index (κ2) is 20.5. The van der Waals surface area contributed by atoms with Crippen molar-refractivity contribution in [1.82, 2.24) is 0 Å². The maximum atomic E-state index is 13.6. The molecule has 4 aromatic carbocycles. The first-order valence-electron chi connectivity index (χ1n) is 15.8. The number of carbonyl (C=O) groups is 2. The maximum Gasteiger partial charge on any atom is 0.387 e. The number of carbonyl (C=O) groups excluding carboxylic acids is 2. The zero-order valence-corrected chi connectivity index (χ0v) is 28.3. The largest absolute Gasteiger partial charge is 0.485 e. The van der Waals surface area contributed by atoms with Crippen LogP contribution in [0.15, 0.2) is 72.8 Å². The second-order valence-electron chi connectivity index (χ2n) is 10.7. The molecule has 0 aliphatic heterocycles. The minimum Gasteiger partial charge on any atom is -0.485 e. The Morgan fingerprint density at radius 3 is 1.44 bits per heavy atom. The van der Waals surface area contributed by atoms with Crippen molar-refractivity contribution in [3.63, 3.8) is 0 Å². The van der Waals surface area contributed by atoms with Crippen LogP contribution in [-0.2, 0) is 12.8 Å². The maximum absolute atomic E-state index is 13.6. The van der Waals surface area contributed by atoms with Gasteiger partial charge in [-0.25, -0.2) is 26.3 Å². The predicted molar refractivity (Wildman–Crippen MR) is 175 cm³/mol. The molecule has 4 rings (SSSR count). The topological polar surface area (TPSA) is 71.1 Å². The number of alkyl halides is 8. The molecular formula is C38H30F10O6. The van der Waals surface area contributed by atoms with Gasteiger partial charge in [0.15, 0.2) is 23.1 Å². The molecule has 0 saturated heterocycles. The number of rotatable bonds is 15. The van der Waals surface area contributed by atoms with Gasteiger partial charge in [-0.3, -0.25) is 9.59 Å². The molecule has 0 aliphatic carbocycles. The zero-order chi connectivity index (χ0) is 39.9. The van der Waals surface area contributed by atoms with Crippen LogP contribution in [0.1, 0.15) is 56.8 Å². The molecule has 4 aromatic rings. The van der Waals surface area contributed by atoms with E-state index in [0.29, 0.717) is 28.7 Å². The number of ketones is 2. The summed E-state index contributed by atoms with van der Waals surface area (Å²) >= 11 is 0. The molecule has 0 N–H and O–H groups in total.